The van der Waals surface area contributed by atoms with Gasteiger partial charge in [0.25, 0.3) is 0 Å². The Bertz CT molecular complexity index is 681. The first-order valence-corrected chi connectivity index (χ1v) is 5.98. The molecule has 5 heteroatoms. The minimum absolute atomic E-state index is 0.237. The van der Waals surface area contributed by atoms with Gasteiger partial charge in [0.15, 0.2) is 0 Å². The average Bonchev–Trinajstić information content (AvgIpc) is 2.64. The fourth-order valence-electron chi connectivity index (χ4n) is 2.72. The monoisotopic (exact) mass is 245 g/mol. The second kappa shape index (κ2) is 3.81. The van der Waals surface area contributed by atoms with E-state index in [9.17, 15) is 9.59 Å². The molecule has 0 bridgehead atoms. The second-order valence-corrected chi connectivity index (χ2v) is 4.98. The maximum Gasteiger partial charge on any atom is 0.335 e. The molecule has 2 heterocycles. The fraction of sp³-hybridized carbons (Fsp3) is 0.385. The van der Waals surface area contributed by atoms with Crippen molar-refractivity contribution in [3.63, 3.8) is 0 Å². The van der Waals surface area contributed by atoms with Crippen molar-refractivity contribution in [1.82, 2.24) is 14.0 Å². The number of hydrogen-bond donors (Lipinski definition) is 0. The normalized spacial score (nSPS) is 18.5. The van der Waals surface area contributed by atoms with Gasteiger partial charge >= 0.3 is 5.69 Å². The van der Waals surface area contributed by atoms with Crippen molar-refractivity contribution in [3.05, 3.63) is 34.2 Å². The van der Waals surface area contributed by atoms with Crippen molar-refractivity contribution in [2.24, 2.45) is 0 Å². The summed E-state index contributed by atoms with van der Waals surface area (Å²) < 4.78 is 2.91. The summed E-state index contributed by atoms with van der Waals surface area (Å²) in [6, 6.07) is 6.05. The highest BCUT2D eigenvalue weighted by molar-refractivity contribution is 5.85. The van der Waals surface area contributed by atoms with Gasteiger partial charge in [-0.2, -0.15) is 0 Å². The molecule has 1 atom stereocenters. The van der Waals surface area contributed by atoms with E-state index in [1.165, 1.54) is 4.57 Å². The summed E-state index contributed by atoms with van der Waals surface area (Å²) >= 11 is 0. The minimum atomic E-state index is -0.237. The number of likely N-dealkylation sites (N-methyl/N-ethyl adjacent to an activating group) is 1. The van der Waals surface area contributed by atoms with Crippen LogP contribution in [0.5, 0.6) is 0 Å². The lowest BCUT2D eigenvalue weighted by Crippen LogP contribution is -2.40. The standard InChI is InChI=1S/C13H15N3O2/c1-14(2)10-6-9-4-3-5-11-12(9)15(7-10)13(18)16(11)8-17/h3-5,8,10H,6-7H2,1-2H3/t10-/m1/s1. The number of rotatable bonds is 2. The van der Waals surface area contributed by atoms with Crippen LogP contribution in [0.1, 0.15) is 5.56 Å². The van der Waals surface area contributed by atoms with E-state index in [2.05, 4.69) is 4.90 Å². The molecule has 0 spiro atoms. The minimum Gasteiger partial charge on any atom is -0.304 e. The Morgan fingerprint density at radius 3 is 2.83 bits per heavy atom. The molecule has 0 radical (unpaired) electrons. The molecule has 1 aliphatic heterocycles. The number of hydrogen-bond acceptors (Lipinski definition) is 3. The Labute approximate surface area is 104 Å². The third-order valence-electron chi connectivity index (χ3n) is 3.75. The summed E-state index contributed by atoms with van der Waals surface area (Å²) in [5, 5.41) is 0. The van der Waals surface area contributed by atoms with E-state index in [-0.39, 0.29) is 5.69 Å². The summed E-state index contributed by atoms with van der Waals surface area (Å²) in [5.74, 6) is 0. The first-order chi connectivity index (χ1) is 8.63. The van der Waals surface area contributed by atoms with Crippen molar-refractivity contribution in [2.45, 2.75) is 19.0 Å². The highest BCUT2D eigenvalue weighted by atomic mass is 16.2. The van der Waals surface area contributed by atoms with Gasteiger partial charge in [0, 0.05) is 12.6 Å². The summed E-state index contributed by atoms with van der Waals surface area (Å²) in [5.41, 5.74) is 2.52. The predicted molar refractivity (Wildman–Crippen MR) is 69.5 cm³/mol. The first-order valence-electron chi connectivity index (χ1n) is 5.98. The highest BCUT2D eigenvalue weighted by Crippen LogP contribution is 2.24. The van der Waals surface area contributed by atoms with Gasteiger partial charge in [-0.25, -0.2) is 9.36 Å². The summed E-state index contributed by atoms with van der Waals surface area (Å²) in [7, 11) is 4.02. The molecule has 5 nitrogen and oxygen atoms in total. The number of carbonyl (C=O) groups is 1. The van der Waals surface area contributed by atoms with Crippen LogP contribution in [0.4, 0.5) is 0 Å². The predicted octanol–water partition coefficient (Wildman–Crippen LogP) is 0.328. The molecular formula is C13H15N3O2. The molecule has 0 fully saturated rings. The quantitative estimate of drug-likeness (QED) is 0.716. The SMILES string of the molecule is CN(C)[C@@H]1Cc2cccc3c2n(c(=O)n3C=O)C1. The molecule has 0 N–H and O–H groups in total. The Morgan fingerprint density at radius 2 is 2.17 bits per heavy atom. The topological polar surface area (TPSA) is 47.2 Å². The summed E-state index contributed by atoms with van der Waals surface area (Å²) in [6.45, 7) is 0.639. The number of benzene rings is 1. The Kier molecular flexibility index (Phi) is 2.38. The van der Waals surface area contributed by atoms with Gasteiger partial charge in [0.1, 0.15) is 0 Å². The molecule has 1 aliphatic rings. The van der Waals surface area contributed by atoms with Crippen molar-refractivity contribution in [3.8, 4) is 0 Å². The fourth-order valence-corrected chi connectivity index (χ4v) is 2.72. The van der Waals surface area contributed by atoms with Crippen molar-refractivity contribution in [1.29, 1.82) is 0 Å². The number of nitrogens with zero attached hydrogens (tertiary/aromatic N) is 3. The molecule has 1 aromatic carbocycles. The van der Waals surface area contributed by atoms with Gasteiger partial charge in [0.05, 0.1) is 11.0 Å². The van der Waals surface area contributed by atoms with Crippen molar-refractivity contribution in [2.75, 3.05) is 14.1 Å². The van der Waals surface area contributed by atoms with E-state index in [0.717, 1.165) is 17.5 Å². The zero-order chi connectivity index (χ0) is 12.9. The summed E-state index contributed by atoms with van der Waals surface area (Å²) in [4.78, 5) is 25.4. The van der Waals surface area contributed by atoms with Gasteiger partial charge in [0.2, 0.25) is 6.41 Å². The number of aromatic nitrogens is 2. The van der Waals surface area contributed by atoms with E-state index in [1.807, 2.05) is 32.3 Å². The van der Waals surface area contributed by atoms with Crippen molar-refractivity contribution < 1.29 is 4.79 Å². The lowest BCUT2D eigenvalue weighted by Gasteiger charge is -2.28. The average molecular weight is 245 g/mol. The van der Waals surface area contributed by atoms with Crippen LogP contribution in [-0.2, 0) is 17.8 Å². The largest absolute Gasteiger partial charge is 0.335 e. The first kappa shape index (κ1) is 11.2. The maximum atomic E-state index is 12.2. The van der Waals surface area contributed by atoms with Crippen LogP contribution < -0.4 is 5.69 Å². The van der Waals surface area contributed by atoms with Crippen LogP contribution in [0.25, 0.3) is 11.0 Å². The molecule has 0 saturated carbocycles. The lowest BCUT2D eigenvalue weighted by atomic mass is 10.00. The molecule has 1 aromatic heterocycles. The third kappa shape index (κ3) is 1.37. The molecule has 3 rings (SSSR count). The van der Waals surface area contributed by atoms with E-state index >= 15 is 0 Å². The van der Waals surface area contributed by atoms with Gasteiger partial charge < -0.3 is 4.90 Å². The molecule has 2 aromatic rings. The van der Waals surface area contributed by atoms with Crippen LogP contribution >= 0.6 is 0 Å². The zero-order valence-electron chi connectivity index (χ0n) is 10.5. The molecule has 0 unspecified atom stereocenters. The van der Waals surface area contributed by atoms with Gasteiger partial charge in [-0.05, 0) is 32.1 Å². The van der Waals surface area contributed by atoms with Gasteiger partial charge in [-0.3, -0.25) is 9.36 Å². The number of imidazole rings is 1. The van der Waals surface area contributed by atoms with Gasteiger partial charge in [-0.15, -0.1) is 0 Å². The molecule has 18 heavy (non-hydrogen) atoms. The second-order valence-electron chi connectivity index (χ2n) is 4.98. The van der Waals surface area contributed by atoms with Crippen LogP contribution in [0.2, 0.25) is 0 Å². The Morgan fingerprint density at radius 1 is 1.39 bits per heavy atom. The molecule has 0 saturated heterocycles. The highest BCUT2D eigenvalue weighted by Gasteiger charge is 2.25. The number of carbonyl (C=O) groups excluding carboxylic acids is 1. The Balaban J connectivity index is 2.33. The smallest absolute Gasteiger partial charge is 0.304 e. The van der Waals surface area contributed by atoms with Crippen LogP contribution in [0, 0.1) is 0 Å². The summed E-state index contributed by atoms with van der Waals surface area (Å²) in [6.07, 6.45) is 1.51. The Hall–Kier alpha value is -1.88. The maximum absolute atomic E-state index is 12.2. The number of para-hydroxylation sites is 1. The zero-order valence-corrected chi connectivity index (χ0v) is 10.5. The van der Waals surface area contributed by atoms with E-state index in [4.69, 9.17) is 0 Å². The molecular weight excluding hydrogens is 230 g/mol. The van der Waals surface area contributed by atoms with E-state index in [0.29, 0.717) is 24.5 Å². The molecule has 0 aliphatic carbocycles. The third-order valence-corrected chi connectivity index (χ3v) is 3.75. The lowest BCUT2D eigenvalue weighted by molar-refractivity contribution is 0.256. The van der Waals surface area contributed by atoms with E-state index in [1.54, 1.807) is 4.57 Å². The van der Waals surface area contributed by atoms with E-state index < -0.39 is 0 Å². The van der Waals surface area contributed by atoms with Crippen LogP contribution in [0.15, 0.2) is 23.0 Å². The molecule has 0 amide bonds. The van der Waals surface area contributed by atoms with Crippen LogP contribution in [-0.4, -0.2) is 40.6 Å². The van der Waals surface area contributed by atoms with Gasteiger partial charge in [-0.1, -0.05) is 12.1 Å². The van der Waals surface area contributed by atoms with Crippen LogP contribution in [0.3, 0.4) is 0 Å². The molecule has 94 valence electrons. The van der Waals surface area contributed by atoms with Crippen molar-refractivity contribution >= 4 is 17.4 Å².